The fourth-order valence-electron chi connectivity index (χ4n) is 3.01. The van der Waals surface area contributed by atoms with Crippen LogP contribution in [0.2, 0.25) is 0 Å². The van der Waals surface area contributed by atoms with Gasteiger partial charge in [0.15, 0.2) is 0 Å². The van der Waals surface area contributed by atoms with Crippen molar-refractivity contribution in [2.75, 3.05) is 0 Å². The van der Waals surface area contributed by atoms with E-state index in [1.54, 1.807) is 13.0 Å². The molecule has 0 fully saturated rings. The van der Waals surface area contributed by atoms with Crippen molar-refractivity contribution in [2.45, 2.75) is 13.1 Å². The van der Waals surface area contributed by atoms with Gasteiger partial charge in [0.05, 0.1) is 23.0 Å². The minimum absolute atomic E-state index is 0.0908. The van der Waals surface area contributed by atoms with Crippen LogP contribution in [0.3, 0.4) is 0 Å². The van der Waals surface area contributed by atoms with E-state index in [1.807, 2.05) is 0 Å². The normalized spacial score (nSPS) is 11.5. The minimum Gasteiger partial charge on any atom is -0.456 e. The Labute approximate surface area is 173 Å². The number of ether oxygens (including phenoxy) is 1. The van der Waals surface area contributed by atoms with Crippen LogP contribution in [0.15, 0.2) is 65.7 Å². The number of hydrogen-bond donors (Lipinski definition) is 2. The zero-order valence-electron chi connectivity index (χ0n) is 16.0. The number of nitrogens with one attached hydrogen (secondary N) is 2. The second-order valence-electron chi connectivity index (χ2n) is 6.81. The van der Waals surface area contributed by atoms with Gasteiger partial charge in [0.25, 0.3) is 0 Å². The smallest absolute Gasteiger partial charge is 0.416 e. The highest BCUT2D eigenvalue weighted by molar-refractivity contribution is 5.69. The molecule has 0 saturated carbocycles. The third-order valence-corrected chi connectivity index (χ3v) is 4.59. The quantitative estimate of drug-likeness (QED) is 0.410. The number of H-pyrrole nitrogens is 2. The summed E-state index contributed by atoms with van der Waals surface area (Å²) in [6, 6.07) is 9.74. The monoisotopic (exact) mass is 429 g/mol. The summed E-state index contributed by atoms with van der Waals surface area (Å²) >= 11 is 0. The SMILES string of the molecule is Cc1cc(F)ccc1Oc1cc(C(F)(F)F)ccc1-c1ncc(-c2ccc(=O)[nH]c2)[nH]1. The first-order valence-corrected chi connectivity index (χ1v) is 9.10. The lowest BCUT2D eigenvalue weighted by molar-refractivity contribution is -0.137. The van der Waals surface area contributed by atoms with Gasteiger partial charge in [-0.05, 0) is 55.0 Å². The fraction of sp³-hybridized carbons (Fsp3) is 0.0909. The Kier molecular flexibility index (Phi) is 5.10. The zero-order valence-corrected chi connectivity index (χ0v) is 16.0. The van der Waals surface area contributed by atoms with Crippen molar-refractivity contribution in [3.05, 3.63) is 88.2 Å². The van der Waals surface area contributed by atoms with Gasteiger partial charge in [-0.25, -0.2) is 9.37 Å². The van der Waals surface area contributed by atoms with Crippen molar-refractivity contribution in [3.8, 4) is 34.1 Å². The molecule has 2 aromatic carbocycles. The van der Waals surface area contributed by atoms with Crippen LogP contribution in [0, 0.1) is 12.7 Å². The summed E-state index contributed by atoms with van der Waals surface area (Å²) in [5.74, 6) is -0.0864. The lowest BCUT2D eigenvalue weighted by Crippen LogP contribution is -2.05. The average molecular weight is 429 g/mol. The molecule has 0 aliphatic carbocycles. The van der Waals surface area contributed by atoms with E-state index in [-0.39, 0.29) is 28.4 Å². The van der Waals surface area contributed by atoms with Crippen molar-refractivity contribution >= 4 is 0 Å². The number of aromatic amines is 2. The Balaban J connectivity index is 1.78. The van der Waals surface area contributed by atoms with Crippen LogP contribution in [0.4, 0.5) is 17.6 Å². The van der Waals surface area contributed by atoms with Crippen molar-refractivity contribution in [3.63, 3.8) is 0 Å². The van der Waals surface area contributed by atoms with Gasteiger partial charge in [-0.3, -0.25) is 4.79 Å². The molecule has 31 heavy (non-hydrogen) atoms. The largest absolute Gasteiger partial charge is 0.456 e. The van der Waals surface area contributed by atoms with Crippen molar-refractivity contribution in [1.82, 2.24) is 15.0 Å². The number of rotatable bonds is 4. The lowest BCUT2D eigenvalue weighted by Gasteiger charge is -2.15. The van der Waals surface area contributed by atoms with E-state index in [4.69, 9.17) is 4.74 Å². The highest BCUT2D eigenvalue weighted by Crippen LogP contribution is 2.39. The number of alkyl halides is 3. The maximum absolute atomic E-state index is 13.4. The standard InChI is InChI=1S/C22H15F4N3O2/c1-12-8-15(23)4-6-18(12)31-19-9-14(22(24,25)26)3-5-16(19)21-28-11-17(29-21)13-2-7-20(30)27-10-13/h2-11H,1H3,(H,27,30)(H,28,29). The summed E-state index contributed by atoms with van der Waals surface area (Å²) in [6.45, 7) is 1.59. The predicted octanol–water partition coefficient (Wildman–Crippen LogP) is 5.69. The molecule has 0 atom stereocenters. The van der Waals surface area contributed by atoms with Gasteiger partial charge in [0.1, 0.15) is 23.1 Å². The second-order valence-corrected chi connectivity index (χ2v) is 6.81. The van der Waals surface area contributed by atoms with Crippen molar-refractivity contribution < 1.29 is 22.3 Å². The molecule has 0 unspecified atom stereocenters. The minimum atomic E-state index is -4.57. The maximum atomic E-state index is 13.4. The summed E-state index contributed by atoms with van der Waals surface area (Å²) in [4.78, 5) is 21.1. The number of nitrogens with zero attached hydrogens (tertiary/aromatic N) is 1. The van der Waals surface area contributed by atoms with Crippen LogP contribution in [0.1, 0.15) is 11.1 Å². The molecule has 0 spiro atoms. The van der Waals surface area contributed by atoms with Crippen LogP contribution < -0.4 is 10.3 Å². The molecule has 2 N–H and O–H groups in total. The Bertz CT molecular complexity index is 1290. The molecule has 0 aliphatic rings. The average Bonchev–Trinajstić information content (AvgIpc) is 3.20. The van der Waals surface area contributed by atoms with Gasteiger partial charge in [0, 0.05) is 17.8 Å². The predicted molar refractivity (Wildman–Crippen MR) is 106 cm³/mol. The molecule has 0 aliphatic heterocycles. The van der Waals surface area contributed by atoms with Crippen molar-refractivity contribution in [1.29, 1.82) is 0 Å². The van der Waals surface area contributed by atoms with Gasteiger partial charge in [-0.1, -0.05) is 0 Å². The van der Waals surface area contributed by atoms with Crippen LogP contribution >= 0.6 is 0 Å². The summed E-state index contributed by atoms with van der Waals surface area (Å²) in [5.41, 5.74) is 0.747. The molecule has 5 nitrogen and oxygen atoms in total. The highest BCUT2D eigenvalue weighted by Gasteiger charge is 2.32. The number of aromatic nitrogens is 3. The zero-order chi connectivity index (χ0) is 22.2. The highest BCUT2D eigenvalue weighted by atomic mass is 19.4. The number of imidazole rings is 1. The van der Waals surface area contributed by atoms with E-state index in [2.05, 4.69) is 15.0 Å². The number of halogens is 4. The first kappa shape index (κ1) is 20.4. The lowest BCUT2D eigenvalue weighted by atomic mass is 10.1. The van der Waals surface area contributed by atoms with Crippen molar-refractivity contribution in [2.24, 2.45) is 0 Å². The van der Waals surface area contributed by atoms with Gasteiger partial charge >= 0.3 is 6.18 Å². The second kappa shape index (κ2) is 7.75. The number of aryl methyl sites for hydroxylation is 1. The number of pyridine rings is 1. The molecule has 2 aromatic heterocycles. The summed E-state index contributed by atoms with van der Waals surface area (Å²) in [5, 5.41) is 0. The van der Waals surface area contributed by atoms with E-state index < -0.39 is 17.6 Å². The topological polar surface area (TPSA) is 70.8 Å². The summed E-state index contributed by atoms with van der Waals surface area (Å²) < 4.78 is 59.0. The molecule has 0 bridgehead atoms. The number of hydrogen-bond acceptors (Lipinski definition) is 3. The fourth-order valence-corrected chi connectivity index (χ4v) is 3.01. The molecular weight excluding hydrogens is 414 g/mol. The van der Waals surface area contributed by atoms with Gasteiger partial charge in [-0.15, -0.1) is 0 Å². The third-order valence-electron chi connectivity index (χ3n) is 4.59. The van der Waals surface area contributed by atoms with Crippen LogP contribution in [0.5, 0.6) is 11.5 Å². The van der Waals surface area contributed by atoms with Crippen LogP contribution in [-0.4, -0.2) is 15.0 Å². The van der Waals surface area contributed by atoms with Crippen LogP contribution in [0.25, 0.3) is 22.6 Å². The van der Waals surface area contributed by atoms with E-state index in [0.29, 0.717) is 16.8 Å². The first-order chi connectivity index (χ1) is 14.7. The molecule has 158 valence electrons. The molecule has 4 rings (SSSR count). The van der Waals surface area contributed by atoms with Gasteiger partial charge < -0.3 is 14.7 Å². The maximum Gasteiger partial charge on any atom is 0.416 e. The molecule has 2 heterocycles. The summed E-state index contributed by atoms with van der Waals surface area (Å²) in [6.07, 6.45) is -1.59. The Morgan fingerprint density at radius 1 is 1.00 bits per heavy atom. The molecule has 4 aromatic rings. The summed E-state index contributed by atoms with van der Waals surface area (Å²) in [7, 11) is 0. The molecule has 0 amide bonds. The van der Waals surface area contributed by atoms with Gasteiger partial charge in [0.2, 0.25) is 5.56 Å². The third kappa shape index (κ3) is 4.35. The van der Waals surface area contributed by atoms with E-state index in [9.17, 15) is 22.4 Å². The number of benzene rings is 2. The van der Waals surface area contributed by atoms with E-state index >= 15 is 0 Å². The molecule has 0 radical (unpaired) electrons. The Morgan fingerprint density at radius 3 is 2.48 bits per heavy atom. The Morgan fingerprint density at radius 2 is 1.81 bits per heavy atom. The first-order valence-electron chi connectivity index (χ1n) is 9.10. The van der Waals surface area contributed by atoms with E-state index in [0.717, 1.165) is 18.2 Å². The molecular formula is C22H15F4N3O2. The molecule has 9 heteroatoms. The van der Waals surface area contributed by atoms with Gasteiger partial charge in [-0.2, -0.15) is 13.2 Å². The Hall–Kier alpha value is -3.88. The van der Waals surface area contributed by atoms with Crippen LogP contribution in [-0.2, 0) is 6.18 Å². The molecule has 0 saturated heterocycles. The van der Waals surface area contributed by atoms with E-state index in [1.165, 1.54) is 36.7 Å².